The molecule has 0 aliphatic heterocycles. The molecule has 0 aromatic carbocycles. The molecule has 108 valence electrons. The average Bonchev–Trinajstić information content (AvgIpc) is 2.90. The molecule has 8 heteroatoms. The SMILES string of the molecule is NCCc1nc2c(NCc3ncccc3F)ncnc2s1. The Balaban J connectivity index is 1.85. The van der Waals surface area contributed by atoms with Gasteiger partial charge in [0, 0.05) is 12.6 Å². The zero-order chi connectivity index (χ0) is 14.7. The number of halogens is 1. The number of nitrogens with two attached hydrogens (primary N) is 1. The van der Waals surface area contributed by atoms with Gasteiger partial charge >= 0.3 is 0 Å². The van der Waals surface area contributed by atoms with Crippen LogP contribution in [-0.4, -0.2) is 26.5 Å². The van der Waals surface area contributed by atoms with E-state index in [9.17, 15) is 4.39 Å². The Morgan fingerprint density at radius 1 is 1.29 bits per heavy atom. The minimum atomic E-state index is -0.350. The van der Waals surface area contributed by atoms with Crippen LogP contribution < -0.4 is 11.1 Å². The van der Waals surface area contributed by atoms with Crippen molar-refractivity contribution >= 4 is 27.5 Å². The number of pyridine rings is 1. The Labute approximate surface area is 124 Å². The number of hydrogen-bond donors (Lipinski definition) is 2. The van der Waals surface area contributed by atoms with Gasteiger partial charge in [-0.3, -0.25) is 4.98 Å². The first-order chi connectivity index (χ1) is 10.3. The van der Waals surface area contributed by atoms with E-state index in [1.807, 2.05) is 0 Å². The van der Waals surface area contributed by atoms with Crippen molar-refractivity contribution in [1.29, 1.82) is 0 Å². The Kier molecular flexibility index (Phi) is 3.98. The van der Waals surface area contributed by atoms with Gasteiger partial charge in [0.1, 0.15) is 22.5 Å². The lowest BCUT2D eigenvalue weighted by Crippen LogP contribution is -2.06. The molecule has 0 fully saturated rings. The molecule has 0 radical (unpaired) electrons. The van der Waals surface area contributed by atoms with E-state index in [2.05, 4.69) is 25.3 Å². The largest absolute Gasteiger partial charge is 0.362 e. The van der Waals surface area contributed by atoms with E-state index in [0.29, 0.717) is 30.0 Å². The maximum atomic E-state index is 13.5. The lowest BCUT2D eigenvalue weighted by atomic mass is 10.3. The number of nitrogens with zero attached hydrogens (tertiary/aromatic N) is 4. The second-order valence-electron chi connectivity index (χ2n) is 4.31. The summed E-state index contributed by atoms with van der Waals surface area (Å²) in [4.78, 5) is 17.6. The summed E-state index contributed by atoms with van der Waals surface area (Å²) >= 11 is 1.49. The molecule has 0 aliphatic carbocycles. The zero-order valence-corrected chi connectivity index (χ0v) is 11.9. The summed E-state index contributed by atoms with van der Waals surface area (Å²) in [6, 6.07) is 2.93. The predicted octanol–water partition coefficient (Wildman–Crippen LogP) is 1.73. The van der Waals surface area contributed by atoms with E-state index in [-0.39, 0.29) is 12.4 Å². The van der Waals surface area contributed by atoms with Crippen LogP contribution in [0.3, 0.4) is 0 Å². The standard InChI is InChI=1S/C13H13FN6S/c14-8-2-1-5-16-9(8)6-17-12-11-13(19-7-18-12)21-10(20-11)3-4-15/h1-2,5,7H,3-4,6,15H2,(H,17,18,19). The number of thiazole rings is 1. The van der Waals surface area contributed by atoms with E-state index in [1.165, 1.54) is 23.7 Å². The fourth-order valence-electron chi connectivity index (χ4n) is 1.87. The molecule has 0 aliphatic rings. The van der Waals surface area contributed by atoms with E-state index >= 15 is 0 Å². The Bertz CT molecular complexity index is 759. The second-order valence-corrected chi connectivity index (χ2v) is 5.37. The monoisotopic (exact) mass is 304 g/mol. The van der Waals surface area contributed by atoms with Gasteiger partial charge in [-0.1, -0.05) is 11.3 Å². The van der Waals surface area contributed by atoms with Crippen LogP contribution in [0.4, 0.5) is 10.2 Å². The van der Waals surface area contributed by atoms with Crippen molar-refractivity contribution in [2.75, 3.05) is 11.9 Å². The van der Waals surface area contributed by atoms with Crippen molar-refractivity contribution in [3.05, 3.63) is 41.2 Å². The third-order valence-electron chi connectivity index (χ3n) is 2.86. The van der Waals surface area contributed by atoms with Gasteiger partial charge < -0.3 is 11.1 Å². The highest BCUT2D eigenvalue weighted by Gasteiger charge is 2.11. The molecule has 0 saturated heterocycles. The molecule has 0 bridgehead atoms. The van der Waals surface area contributed by atoms with Crippen LogP contribution in [0, 0.1) is 5.82 Å². The van der Waals surface area contributed by atoms with Crippen molar-refractivity contribution in [3.8, 4) is 0 Å². The number of rotatable bonds is 5. The van der Waals surface area contributed by atoms with Crippen LogP contribution in [0.2, 0.25) is 0 Å². The summed E-state index contributed by atoms with van der Waals surface area (Å²) in [6.45, 7) is 0.775. The molecule has 3 aromatic heterocycles. The van der Waals surface area contributed by atoms with Crippen molar-refractivity contribution in [3.63, 3.8) is 0 Å². The molecule has 0 spiro atoms. The Morgan fingerprint density at radius 2 is 2.19 bits per heavy atom. The van der Waals surface area contributed by atoms with Gasteiger partial charge in [0.2, 0.25) is 0 Å². The van der Waals surface area contributed by atoms with Gasteiger partial charge in [0.15, 0.2) is 5.82 Å². The van der Waals surface area contributed by atoms with Crippen LogP contribution in [0.15, 0.2) is 24.7 Å². The van der Waals surface area contributed by atoms with Crippen molar-refractivity contribution in [1.82, 2.24) is 19.9 Å². The smallest absolute Gasteiger partial charge is 0.157 e. The summed E-state index contributed by atoms with van der Waals surface area (Å²) in [5.74, 6) is 0.224. The molecule has 3 rings (SSSR count). The van der Waals surface area contributed by atoms with Gasteiger partial charge in [-0.15, -0.1) is 0 Å². The van der Waals surface area contributed by atoms with E-state index < -0.39 is 0 Å². The minimum Gasteiger partial charge on any atom is -0.362 e. The fourth-order valence-corrected chi connectivity index (χ4v) is 2.79. The van der Waals surface area contributed by atoms with Crippen LogP contribution in [0.5, 0.6) is 0 Å². The average molecular weight is 304 g/mol. The number of aromatic nitrogens is 4. The summed E-state index contributed by atoms with van der Waals surface area (Å²) in [7, 11) is 0. The molecule has 3 N–H and O–H groups in total. The molecular weight excluding hydrogens is 291 g/mol. The lowest BCUT2D eigenvalue weighted by molar-refractivity contribution is 0.602. The minimum absolute atomic E-state index is 0.239. The van der Waals surface area contributed by atoms with Gasteiger partial charge in [-0.05, 0) is 18.7 Å². The number of nitrogens with one attached hydrogen (secondary N) is 1. The van der Waals surface area contributed by atoms with E-state index in [4.69, 9.17) is 5.73 Å². The maximum absolute atomic E-state index is 13.5. The zero-order valence-electron chi connectivity index (χ0n) is 11.1. The van der Waals surface area contributed by atoms with Crippen LogP contribution in [0.1, 0.15) is 10.7 Å². The quantitative estimate of drug-likeness (QED) is 0.746. The summed E-state index contributed by atoms with van der Waals surface area (Å²) in [5, 5.41) is 3.98. The highest BCUT2D eigenvalue weighted by atomic mass is 32.1. The van der Waals surface area contributed by atoms with Gasteiger partial charge in [-0.2, -0.15) is 0 Å². The van der Waals surface area contributed by atoms with E-state index in [0.717, 1.165) is 9.84 Å². The number of anilines is 1. The van der Waals surface area contributed by atoms with Gasteiger partial charge in [-0.25, -0.2) is 19.3 Å². The van der Waals surface area contributed by atoms with Gasteiger partial charge in [0.25, 0.3) is 0 Å². The molecule has 0 amide bonds. The third kappa shape index (κ3) is 2.96. The Morgan fingerprint density at radius 3 is 3.00 bits per heavy atom. The fraction of sp³-hybridized carbons (Fsp3) is 0.231. The molecule has 0 atom stereocenters. The number of fused-ring (bicyclic) bond motifs is 1. The van der Waals surface area contributed by atoms with Crippen molar-refractivity contribution < 1.29 is 4.39 Å². The van der Waals surface area contributed by atoms with Crippen molar-refractivity contribution in [2.24, 2.45) is 5.73 Å². The van der Waals surface area contributed by atoms with Crippen LogP contribution >= 0.6 is 11.3 Å². The highest BCUT2D eigenvalue weighted by Crippen LogP contribution is 2.25. The number of hydrogen-bond acceptors (Lipinski definition) is 7. The van der Waals surface area contributed by atoms with E-state index in [1.54, 1.807) is 12.3 Å². The maximum Gasteiger partial charge on any atom is 0.157 e. The molecule has 3 aromatic rings. The second kappa shape index (κ2) is 6.06. The summed E-state index contributed by atoms with van der Waals surface area (Å²) in [6.07, 6.45) is 3.72. The third-order valence-corrected chi connectivity index (χ3v) is 3.88. The molecule has 0 unspecified atom stereocenters. The normalized spacial score (nSPS) is 11.0. The lowest BCUT2D eigenvalue weighted by Gasteiger charge is -2.05. The highest BCUT2D eigenvalue weighted by molar-refractivity contribution is 7.18. The first-order valence-corrected chi connectivity index (χ1v) is 7.23. The predicted molar refractivity (Wildman–Crippen MR) is 79.5 cm³/mol. The molecular formula is C13H13FN6S. The molecule has 6 nitrogen and oxygen atoms in total. The first-order valence-electron chi connectivity index (χ1n) is 6.41. The van der Waals surface area contributed by atoms with Gasteiger partial charge in [0.05, 0.1) is 17.2 Å². The summed E-state index contributed by atoms with van der Waals surface area (Å²) in [5.41, 5.74) is 6.55. The summed E-state index contributed by atoms with van der Waals surface area (Å²) < 4.78 is 13.5. The molecule has 21 heavy (non-hydrogen) atoms. The molecule has 3 heterocycles. The first kappa shape index (κ1) is 13.8. The molecule has 0 saturated carbocycles. The van der Waals surface area contributed by atoms with Crippen LogP contribution in [-0.2, 0) is 13.0 Å². The Hall–Kier alpha value is -2.19. The van der Waals surface area contributed by atoms with Crippen LogP contribution in [0.25, 0.3) is 10.3 Å². The van der Waals surface area contributed by atoms with Crippen molar-refractivity contribution in [2.45, 2.75) is 13.0 Å². The topological polar surface area (TPSA) is 89.6 Å².